The van der Waals surface area contributed by atoms with Gasteiger partial charge in [0.2, 0.25) is 0 Å². The maximum atomic E-state index is 5.89. The first-order valence-electron chi connectivity index (χ1n) is 5.34. The molecule has 1 aromatic rings. The van der Waals surface area contributed by atoms with Gasteiger partial charge in [0.05, 0.1) is 0 Å². The first-order valence-corrected chi connectivity index (χ1v) is 7.44. The summed E-state index contributed by atoms with van der Waals surface area (Å²) in [4.78, 5) is 2.46. The van der Waals surface area contributed by atoms with Crippen LogP contribution in [0.15, 0.2) is 16.8 Å². The standard InChI is InChI=1S/C11H18N2S2/c1-13(10-3-5-15-8-10)11(6-12)9-2-4-14-7-9/h2,4,7,10-11H,3,5-6,8,12H2,1H3. The fourth-order valence-electron chi connectivity index (χ4n) is 2.10. The van der Waals surface area contributed by atoms with E-state index in [0.717, 1.165) is 0 Å². The van der Waals surface area contributed by atoms with Crippen LogP contribution in [-0.4, -0.2) is 36.0 Å². The van der Waals surface area contributed by atoms with Gasteiger partial charge >= 0.3 is 0 Å². The second-order valence-electron chi connectivity index (χ2n) is 3.99. The molecule has 1 aromatic heterocycles. The topological polar surface area (TPSA) is 29.3 Å². The van der Waals surface area contributed by atoms with Gasteiger partial charge in [-0.25, -0.2) is 0 Å². The fourth-order valence-corrected chi connectivity index (χ4v) is 4.09. The number of rotatable bonds is 4. The van der Waals surface area contributed by atoms with Gasteiger partial charge in [0.25, 0.3) is 0 Å². The molecule has 4 heteroatoms. The average Bonchev–Trinajstić information content (AvgIpc) is 2.91. The lowest BCUT2D eigenvalue weighted by molar-refractivity contribution is 0.193. The number of hydrogen-bond donors (Lipinski definition) is 1. The van der Waals surface area contributed by atoms with Crippen LogP contribution in [0.2, 0.25) is 0 Å². The molecule has 2 nitrogen and oxygen atoms in total. The number of hydrogen-bond acceptors (Lipinski definition) is 4. The van der Waals surface area contributed by atoms with Gasteiger partial charge in [0, 0.05) is 24.4 Å². The van der Waals surface area contributed by atoms with Crippen molar-refractivity contribution in [2.24, 2.45) is 5.73 Å². The largest absolute Gasteiger partial charge is 0.329 e. The van der Waals surface area contributed by atoms with Crippen LogP contribution in [0.3, 0.4) is 0 Å². The number of likely N-dealkylation sites (N-methyl/N-ethyl adjacent to an activating group) is 1. The SMILES string of the molecule is CN(C1CCSC1)C(CN)c1ccsc1. The number of nitrogens with two attached hydrogens (primary N) is 1. The van der Waals surface area contributed by atoms with Crippen molar-refractivity contribution in [2.45, 2.75) is 18.5 Å². The van der Waals surface area contributed by atoms with Crippen LogP contribution < -0.4 is 5.73 Å². The summed E-state index contributed by atoms with van der Waals surface area (Å²) < 4.78 is 0. The summed E-state index contributed by atoms with van der Waals surface area (Å²) in [6, 6.07) is 3.31. The van der Waals surface area contributed by atoms with Crippen LogP contribution in [0.25, 0.3) is 0 Å². The van der Waals surface area contributed by atoms with Gasteiger partial charge in [-0.2, -0.15) is 23.1 Å². The molecule has 0 radical (unpaired) electrons. The van der Waals surface area contributed by atoms with Crippen LogP contribution in [-0.2, 0) is 0 Å². The lowest BCUT2D eigenvalue weighted by atomic mass is 10.1. The van der Waals surface area contributed by atoms with Crippen molar-refractivity contribution >= 4 is 23.1 Å². The van der Waals surface area contributed by atoms with Crippen molar-refractivity contribution in [2.75, 3.05) is 25.1 Å². The first-order chi connectivity index (χ1) is 7.33. The monoisotopic (exact) mass is 242 g/mol. The van der Waals surface area contributed by atoms with Crippen molar-refractivity contribution in [3.63, 3.8) is 0 Å². The summed E-state index contributed by atoms with van der Waals surface area (Å²) in [7, 11) is 2.21. The summed E-state index contributed by atoms with van der Waals surface area (Å²) >= 11 is 3.81. The van der Waals surface area contributed by atoms with Crippen molar-refractivity contribution in [3.8, 4) is 0 Å². The molecule has 0 aliphatic carbocycles. The molecule has 2 heterocycles. The molecule has 2 unspecified atom stereocenters. The first kappa shape index (κ1) is 11.5. The highest BCUT2D eigenvalue weighted by atomic mass is 32.2. The molecule has 1 aliphatic rings. The predicted octanol–water partition coefficient (Wildman–Crippen LogP) is 2.19. The summed E-state index contributed by atoms with van der Waals surface area (Å²) in [6.07, 6.45) is 1.31. The molecule has 0 bridgehead atoms. The summed E-state index contributed by atoms with van der Waals surface area (Å²) in [6.45, 7) is 0.717. The zero-order valence-electron chi connectivity index (χ0n) is 9.06. The van der Waals surface area contributed by atoms with Crippen molar-refractivity contribution in [1.29, 1.82) is 0 Å². The normalized spacial score (nSPS) is 23.5. The summed E-state index contributed by atoms with van der Waals surface area (Å²) in [5.74, 6) is 2.56. The molecule has 1 saturated heterocycles. The van der Waals surface area contributed by atoms with Crippen LogP contribution >= 0.6 is 23.1 Å². The van der Waals surface area contributed by atoms with Gasteiger partial charge in [-0.1, -0.05) is 0 Å². The van der Waals surface area contributed by atoms with E-state index in [1.54, 1.807) is 11.3 Å². The van der Waals surface area contributed by atoms with E-state index in [1.165, 1.54) is 23.5 Å². The highest BCUT2D eigenvalue weighted by Crippen LogP contribution is 2.28. The fraction of sp³-hybridized carbons (Fsp3) is 0.636. The molecule has 0 amide bonds. The molecule has 2 rings (SSSR count). The third kappa shape index (κ3) is 2.56. The Labute approximate surface area is 99.8 Å². The van der Waals surface area contributed by atoms with Gasteiger partial charge in [0.1, 0.15) is 0 Å². The lowest BCUT2D eigenvalue weighted by Crippen LogP contribution is -2.38. The Morgan fingerprint density at radius 3 is 3.07 bits per heavy atom. The zero-order valence-corrected chi connectivity index (χ0v) is 10.7. The molecular formula is C11H18N2S2. The minimum atomic E-state index is 0.403. The Morgan fingerprint density at radius 1 is 1.67 bits per heavy atom. The van der Waals surface area contributed by atoms with E-state index in [0.29, 0.717) is 18.6 Å². The van der Waals surface area contributed by atoms with E-state index >= 15 is 0 Å². The molecule has 2 N–H and O–H groups in total. The number of thioether (sulfide) groups is 1. The third-order valence-electron chi connectivity index (χ3n) is 3.12. The van der Waals surface area contributed by atoms with Gasteiger partial charge in [-0.15, -0.1) is 0 Å². The third-order valence-corrected chi connectivity index (χ3v) is 4.97. The van der Waals surface area contributed by atoms with Crippen LogP contribution in [0, 0.1) is 0 Å². The summed E-state index contributed by atoms with van der Waals surface area (Å²) in [5, 5.41) is 4.35. The Balaban J connectivity index is 2.05. The molecule has 1 aliphatic heterocycles. The van der Waals surface area contributed by atoms with Crippen molar-refractivity contribution < 1.29 is 0 Å². The van der Waals surface area contributed by atoms with Crippen molar-refractivity contribution in [1.82, 2.24) is 4.90 Å². The van der Waals surface area contributed by atoms with Crippen LogP contribution in [0.4, 0.5) is 0 Å². The zero-order chi connectivity index (χ0) is 10.7. The minimum Gasteiger partial charge on any atom is -0.329 e. The smallest absolute Gasteiger partial charge is 0.0478 e. The van der Waals surface area contributed by atoms with Gasteiger partial charge < -0.3 is 5.73 Å². The number of thiophene rings is 1. The van der Waals surface area contributed by atoms with Gasteiger partial charge in [0.15, 0.2) is 0 Å². The van der Waals surface area contributed by atoms with Crippen LogP contribution in [0.5, 0.6) is 0 Å². The molecule has 2 atom stereocenters. The van der Waals surface area contributed by atoms with Gasteiger partial charge in [-0.3, -0.25) is 4.90 Å². The Hall–Kier alpha value is -0.0300. The van der Waals surface area contributed by atoms with E-state index in [9.17, 15) is 0 Å². The molecule has 84 valence electrons. The maximum Gasteiger partial charge on any atom is 0.0478 e. The van der Waals surface area contributed by atoms with E-state index in [-0.39, 0.29) is 0 Å². The van der Waals surface area contributed by atoms with Gasteiger partial charge in [-0.05, 0) is 41.6 Å². The molecular weight excluding hydrogens is 224 g/mol. The molecule has 15 heavy (non-hydrogen) atoms. The summed E-state index contributed by atoms with van der Waals surface area (Å²) in [5.41, 5.74) is 7.27. The second kappa shape index (κ2) is 5.34. The van der Waals surface area contributed by atoms with E-state index in [1.807, 2.05) is 0 Å². The van der Waals surface area contributed by atoms with Crippen LogP contribution in [0.1, 0.15) is 18.0 Å². The molecule has 0 aromatic carbocycles. The Kier molecular flexibility index (Phi) is 4.08. The average molecular weight is 242 g/mol. The lowest BCUT2D eigenvalue weighted by Gasteiger charge is -2.31. The molecule has 0 spiro atoms. The van der Waals surface area contributed by atoms with E-state index < -0.39 is 0 Å². The van der Waals surface area contributed by atoms with E-state index in [2.05, 4.69) is 40.5 Å². The highest BCUT2D eigenvalue weighted by molar-refractivity contribution is 7.99. The quantitative estimate of drug-likeness (QED) is 0.877. The Morgan fingerprint density at radius 2 is 2.53 bits per heavy atom. The molecule has 0 saturated carbocycles. The second-order valence-corrected chi connectivity index (χ2v) is 5.92. The van der Waals surface area contributed by atoms with E-state index in [4.69, 9.17) is 5.73 Å². The molecule has 1 fully saturated rings. The minimum absolute atomic E-state index is 0.403. The number of nitrogens with zero attached hydrogens (tertiary/aromatic N) is 1. The predicted molar refractivity (Wildman–Crippen MR) is 69.6 cm³/mol. The van der Waals surface area contributed by atoms with Crippen molar-refractivity contribution in [3.05, 3.63) is 22.4 Å². The maximum absolute atomic E-state index is 5.89. The Bertz CT molecular complexity index is 281. The highest BCUT2D eigenvalue weighted by Gasteiger charge is 2.26.